The van der Waals surface area contributed by atoms with Gasteiger partial charge >= 0.3 is 0 Å². The monoisotopic (exact) mass is 410 g/mol. The van der Waals surface area contributed by atoms with Crippen molar-refractivity contribution in [3.63, 3.8) is 0 Å². The standard InChI is InChI=1S/C26H22F4/c1-2-3-4-5-6-18-7-11-20(12-8-18)21-16-24(28)22(25(29)17-21)13-9-19-10-14-23(27)26(30)15-19/h7-8,10-12,14-17H,2-6H2,1H3. The van der Waals surface area contributed by atoms with Gasteiger partial charge < -0.3 is 0 Å². The number of aryl methyl sites for hydroxylation is 1. The van der Waals surface area contributed by atoms with Crippen molar-refractivity contribution < 1.29 is 17.6 Å². The largest absolute Gasteiger partial charge is 0.205 e. The van der Waals surface area contributed by atoms with E-state index in [9.17, 15) is 17.6 Å². The summed E-state index contributed by atoms with van der Waals surface area (Å²) in [4.78, 5) is 0. The Bertz CT molecular complexity index is 1050. The van der Waals surface area contributed by atoms with Gasteiger partial charge in [0.05, 0.1) is 5.56 Å². The Hall–Kier alpha value is -3.06. The van der Waals surface area contributed by atoms with Crippen molar-refractivity contribution >= 4 is 0 Å². The van der Waals surface area contributed by atoms with Gasteiger partial charge in [0.15, 0.2) is 11.6 Å². The highest BCUT2D eigenvalue weighted by Crippen LogP contribution is 2.25. The summed E-state index contributed by atoms with van der Waals surface area (Å²) in [5.41, 5.74) is 2.05. The summed E-state index contributed by atoms with van der Waals surface area (Å²) in [7, 11) is 0. The summed E-state index contributed by atoms with van der Waals surface area (Å²) in [5, 5.41) is 0. The van der Waals surface area contributed by atoms with E-state index in [1.165, 1.54) is 43.0 Å². The molecule has 0 heterocycles. The molecule has 4 heteroatoms. The molecule has 0 aliphatic rings. The van der Waals surface area contributed by atoms with E-state index in [2.05, 4.69) is 18.8 Å². The first-order chi connectivity index (χ1) is 14.5. The summed E-state index contributed by atoms with van der Waals surface area (Å²) in [6.07, 6.45) is 5.73. The van der Waals surface area contributed by atoms with Crippen molar-refractivity contribution in [3.8, 4) is 23.0 Å². The van der Waals surface area contributed by atoms with Gasteiger partial charge in [-0.1, -0.05) is 62.3 Å². The number of rotatable bonds is 6. The van der Waals surface area contributed by atoms with E-state index < -0.39 is 28.8 Å². The van der Waals surface area contributed by atoms with Crippen LogP contribution in [0.25, 0.3) is 11.1 Å². The molecule has 3 aromatic carbocycles. The normalized spacial score (nSPS) is 10.6. The van der Waals surface area contributed by atoms with Gasteiger partial charge in [-0.25, -0.2) is 17.6 Å². The van der Waals surface area contributed by atoms with Gasteiger partial charge in [-0.15, -0.1) is 0 Å². The second-order valence-corrected chi connectivity index (χ2v) is 7.20. The van der Waals surface area contributed by atoms with Crippen LogP contribution in [0.1, 0.15) is 49.3 Å². The fourth-order valence-corrected chi connectivity index (χ4v) is 3.19. The molecule has 154 valence electrons. The summed E-state index contributed by atoms with van der Waals surface area (Å²) in [6.45, 7) is 2.17. The van der Waals surface area contributed by atoms with E-state index in [0.29, 0.717) is 11.1 Å². The molecule has 0 aromatic heterocycles. The van der Waals surface area contributed by atoms with Crippen LogP contribution in [-0.2, 0) is 6.42 Å². The molecule has 0 atom stereocenters. The zero-order valence-electron chi connectivity index (χ0n) is 16.7. The summed E-state index contributed by atoms with van der Waals surface area (Å²) in [6, 6.07) is 13.2. The molecule has 0 fully saturated rings. The minimum Gasteiger partial charge on any atom is -0.205 e. The Morgan fingerprint density at radius 1 is 0.633 bits per heavy atom. The van der Waals surface area contributed by atoms with Gasteiger partial charge in [0.2, 0.25) is 0 Å². The zero-order chi connectivity index (χ0) is 21.5. The number of hydrogen-bond acceptors (Lipinski definition) is 0. The second-order valence-electron chi connectivity index (χ2n) is 7.20. The van der Waals surface area contributed by atoms with Crippen LogP contribution >= 0.6 is 0 Å². The Kier molecular flexibility index (Phi) is 7.30. The van der Waals surface area contributed by atoms with Crippen LogP contribution in [0.3, 0.4) is 0 Å². The van der Waals surface area contributed by atoms with Crippen molar-refractivity contribution in [1.29, 1.82) is 0 Å². The maximum atomic E-state index is 14.5. The quantitative estimate of drug-likeness (QED) is 0.225. The number of hydrogen-bond donors (Lipinski definition) is 0. The molecule has 0 unspecified atom stereocenters. The molecule has 0 N–H and O–H groups in total. The van der Waals surface area contributed by atoms with Crippen molar-refractivity contribution in [2.24, 2.45) is 0 Å². The molecule has 0 aliphatic heterocycles. The lowest BCUT2D eigenvalue weighted by Crippen LogP contribution is -1.93. The van der Waals surface area contributed by atoms with Gasteiger partial charge in [0.1, 0.15) is 11.6 Å². The fraction of sp³-hybridized carbons (Fsp3) is 0.231. The maximum Gasteiger partial charge on any atom is 0.160 e. The van der Waals surface area contributed by atoms with Crippen molar-refractivity contribution in [2.45, 2.75) is 39.0 Å². The van der Waals surface area contributed by atoms with Crippen LogP contribution in [-0.4, -0.2) is 0 Å². The van der Waals surface area contributed by atoms with Gasteiger partial charge in [-0.2, -0.15) is 0 Å². The van der Waals surface area contributed by atoms with Crippen LogP contribution < -0.4 is 0 Å². The molecule has 0 aliphatic carbocycles. The predicted molar refractivity (Wildman–Crippen MR) is 112 cm³/mol. The fourth-order valence-electron chi connectivity index (χ4n) is 3.19. The van der Waals surface area contributed by atoms with Crippen LogP contribution in [0, 0.1) is 35.1 Å². The van der Waals surface area contributed by atoms with Gasteiger partial charge in [0, 0.05) is 5.56 Å². The molecule has 3 rings (SSSR count). The highest BCUT2D eigenvalue weighted by molar-refractivity contribution is 5.65. The molecule has 0 spiro atoms. The van der Waals surface area contributed by atoms with E-state index in [1.54, 1.807) is 0 Å². The van der Waals surface area contributed by atoms with Crippen molar-refractivity contribution in [3.05, 3.63) is 94.6 Å². The zero-order valence-corrected chi connectivity index (χ0v) is 16.7. The Morgan fingerprint density at radius 3 is 1.97 bits per heavy atom. The van der Waals surface area contributed by atoms with Crippen LogP contribution in [0.2, 0.25) is 0 Å². The molecular formula is C26H22F4. The van der Waals surface area contributed by atoms with Gasteiger partial charge in [0.25, 0.3) is 0 Å². The van der Waals surface area contributed by atoms with E-state index >= 15 is 0 Å². The highest BCUT2D eigenvalue weighted by atomic mass is 19.2. The Morgan fingerprint density at radius 2 is 1.33 bits per heavy atom. The molecule has 0 bridgehead atoms. The molecule has 0 nitrogen and oxygen atoms in total. The first kappa shape index (κ1) is 21.6. The summed E-state index contributed by atoms with van der Waals surface area (Å²) in [5.74, 6) is 1.17. The molecule has 0 saturated heterocycles. The number of benzene rings is 3. The topological polar surface area (TPSA) is 0 Å². The highest BCUT2D eigenvalue weighted by Gasteiger charge is 2.11. The lowest BCUT2D eigenvalue weighted by atomic mass is 9.99. The van der Waals surface area contributed by atoms with E-state index in [0.717, 1.165) is 25.0 Å². The lowest BCUT2D eigenvalue weighted by molar-refractivity contribution is 0.508. The molecule has 0 amide bonds. The Labute approximate surface area is 174 Å². The van der Waals surface area contributed by atoms with Crippen LogP contribution in [0.15, 0.2) is 54.6 Å². The first-order valence-corrected chi connectivity index (χ1v) is 10.0. The second kappa shape index (κ2) is 10.1. The number of unbranched alkanes of at least 4 members (excludes halogenated alkanes) is 3. The smallest absolute Gasteiger partial charge is 0.160 e. The molecule has 0 saturated carbocycles. The van der Waals surface area contributed by atoms with Crippen molar-refractivity contribution in [2.75, 3.05) is 0 Å². The first-order valence-electron chi connectivity index (χ1n) is 10.0. The third-order valence-corrected chi connectivity index (χ3v) is 4.90. The van der Waals surface area contributed by atoms with Crippen LogP contribution in [0.5, 0.6) is 0 Å². The third kappa shape index (κ3) is 5.51. The Balaban J connectivity index is 1.78. The lowest BCUT2D eigenvalue weighted by Gasteiger charge is -2.07. The average Bonchev–Trinajstić information content (AvgIpc) is 2.73. The van der Waals surface area contributed by atoms with Crippen molar-refractivity contribution in [1.82, 2.24) is 0 Å². The summed E-state index contributed by atoms with van der Waals surface area (Å²) < 4.78 is 55.2. The molecule has 30 heavy (non-hydrogen) atoms. The molecular weight excluding hydrogens is 388 g/mol. The minimum absolute atomic E-state index is 0.131. The van der Waals surface area contributed by atoms with Crippen LogP contribution in [0.4, 0.5) is 17.6 Å². The third-order valence-electron chi connectivity index (χ3n) is 4.90. The SMILES string of the molecule is CCCCCCc1ccc(-c2cc(F)c(C#Cc3ccc(F)c(F)c3)c(F)c2)cc1. The van der Waals surface area contributed by atoms with E-state index in [1.807, 2.05) is 24.3 Å². The van der Waals surface area contributed by atoms with Gasteiger partial charge in [-0.3, -0.25) is 0 Å². The number of halogens is 4. The van der Waals surface area contributed by atoms with Gasteiger partial charge in [-0.05, 0) is 59.9 Å². The minimum atomic E-state index is -1.06. The predicted octanol–water partition coefficient (Wildman–Crippen LogP) is 7.43. The average molecular weight is 410 g/mol. The molecule has 3 aromatic rings. The van der Waals surface area contributed by atoms with E-state index in [4.69, 9.17) is 0 Å². The van der Waals surface area contributed by atoms with E-state index in [-0.39, 0.29) is 5.56 Å². The summed E-state index contributed by atoms with van der Waals surface area (Å²) >= 11 is 0. The maximum absolute atomic E-state index is 14.5. The molecule has 0 radical (unpaired) electrons.